The van der Waals surface area contributed by atoms with Crippen LogP contribution in [0.3, 0.4) is 0 Å². The molecule has 0 heterocycles. The quantitative estimate of drug-likeness (QED) is 0.469. The predicted molar refractivity (Wildman–Crippen MR) is 53.8 cm³/mol. The van der Waals surface area contributed by atoms with Crippen LogP contribution in [-0.2, 0) is 10.2 Å². The maximum Gasteiger partial charge on any atom is 0.276 e. The molecule has 0 saturated heterocycles. The second-order valence-electron chi connectivity index (χ2n) is 2.75. The van der Waals surface area contributed by atoms with Gasteiger partial charge < -0.3 is 5.32 Å². The molecular weight excluding hydrogens is 190 g/mol. The van der Waals surface area contributed by atoms with E-state index in [1.807, 2.05) is 14.0 Å². The van der Waals surface area contributed by atoms with E-state index in [1.165, 1.54) is 0 Å². The smallest absolute Gasteiger partial charge is 0.276 e. The van der Waals surface area contributed by atoms with Crippen LogP contribution in [0.1, 0.15) is 19.8 Å². The molecule has 0 fully saturated rings. The molecule has 13 heavy (non-hydrogen) atoms. The summed E-state index contributed by atoms with van der Waals surface area (Å²) in [6.45, 7) is 3.70. The van der Waals surface area contributed by atoms with Gasteiger partial charge in [0.1, 0.15) is 0 Å². The highest BCUT2D eigenvalue weighted by atomic mass is 32.2. The van der Waals surface area contributed by atoms with Gasteiger partial charge in [0.05, 0.1) is 0 Å². The van der Waals surface area contributed by atoms with Crippen molar-refractivity contribution >= 4 is 10.2 Å². The third-order valence-electron chi connectivity index (χ3n) is 1.44. The minimum atomic E-state index is -3.25. The lowest BCUT2D eigenvalue weighted by Crippen LogP contribution is -2.37. The molecule has 0 aromatic rings. The highest BCUT2D eigenvalue weighted by Gasteiger charge is 2.05. The van der Waals surface area contributed by atoms with Crippen LogP contribution in [0.4, 0.5) is 0 Å². The molecule has 0 radical (unpaired) electrons. The van der Waals surface area contributed by atoms with E-state index < -0.39 is 10.2 Å². The molecule has 0 atom stereocenters. The summed E-state index contributed by atoms with van der Waals surface area (Å²) in [5.74, 6) is 0. The van der Waals surface area contributed by atoms with Gasteiger partial charge in [-0.1, -0.05) is 6.92 Å². The van der Waals surface area contributed by atoms with Crippen LogP contribution in [0.2, 0.25) is 0 Å². The van der Waals surface area contributed by atoms with E-state index >= 15 is 0 Å². The van der Waals surface area contributed by atoms with Crippen molar-refractivity contribution < 1.29 is 8.42 Å². The lowest BCUT2D eigenvalue weighted by molar-refractivity contribution is 0.562. The molecule has 0 rings (SSSR count). The minimum Gasteiger partial charge on any atom is -0.320 e. The fraction of sp³-hybridized carbons (Fsp3) is 1.00. The molecular formula is C7H19N3O2S. The first-order valence-corrected chi connectivity index (χ1v) is 5.99. The molecule has 0 unspecified atom stereocenters. The largest absolute Gasteiger partial charge is 0.320 e. The first-order valence-electron chi connectivity index (χ1n) is 4.51. The van der Waals surface area contributed by atoms with Crippen molar-refractivity contribution in [2.45, 2.75) is 19.8 Å². The standard InChI is InChI=1S/C7H19N3O2S/c1-3-5-9-13(11,12)10-7-4-6-8-2/h8-10H,3-7H2,1-2H3. The summed E-state index contributed by atoms with van der Waals surface area (Å²) < 4.78 is 27.1. The fourth-order valence-electron chi connectivity index (χ4n) is 0.759. The SMILES string of the molecule is CCCNS(=O)(=O)NCCCNC. The number of nitrogens with one attached hydrogen (secondary N) is 3. The first-order chi connectivity index (χ1) is 6.12. The van der Waals surface area contributed by atoms with Crippen LogP contribution in [0, 0.1) is 0 Å². The van der Waals surface area contributed by atoms with Gasteiger partial charge in [0, 0.05) is 13.1 Å². The highest BCUT2D eigenvalue weighted by Crippen LogP contribution is 1.80. The molecule has 0 aliphatic carbocycles. The molecule has 5 nitrogen and oxygen atoms in total. The molecule has 0 bridgehead atoms. The third-order valence-corrected chi connectivity index (χ3v) is 2.61. The Morgan fingerprint density at radius 2 is 1.69 bits per heavy atom. The zero-order valence-corrected chi connectivity index (χ0v) is 9.08. The van der Waals surface area contributed by atoms with E-state index in [2.05, 4.69) is 14.8 Å². The van der Waals surface area contributed by atoms with Gasteiger partial charge in [-0.05, 0) is 26.4 Å². The van der Waals surface area contributed by atoms with Gasteiger partial charge in [-0.3, -0.25) is 0 Å². The number of hydrogen-bond acceptors (Lipinski definition) is 3. The van der Waals surface area contributed by atoms with Crippen LogP contribution in [0.25, 0.3) is 0 Å². The molecule has 6 heteroatoms. The summed E-state index contributed by atoms with van der Waals surface area (Å²) in [7, 11) is -1.41. The van der Waals surface area contributed by atoms with Crippen LogP contribution < -0.4 is 14.8 Å². The summed E-state index contributed by atoms with van der Waals surface area (Å²) in [4.78, 5) is 0. The lowest BCUT2D eigenvalue weighted by atomic mass is 10.4. The van der Waals surface area contributed by atoms with Gasteiger partial charge in [0.2, 0.25) is 0 Å². The Bertz CT molecular complexity index is 204. The molecule has 0 aromatic heterocycles. The van der Waals surface area contributed by atoms with Crippen molar-refractivity contribution in [2.24, 2.45) is 0 Å². The monoisotopic (exact) mass is 209 g/mol. The molecule has 0 amide bonds. The maximum atomic E-state index is 11.1. The van der Waals surface area contributed by atoms with E-state index in [4.69, 9.17) is 0 Å². The Hall–Kier alpha value is -0.170. The molecule has 0 aliphatic rings. The van der Waals surface area contributed by atoms with Crippen LogP contribution >= 0.6 is 0 Å². The van der Waals surface area contributed by atoms with Gasteiger partial charge in [-0.15, -0.1) is 0 Å². The van der Waals surface area contributed by atoms with Crippen molar-refractivity contribution in [3.05, 3.63) is 0 Å². The third kappa shape index (κ3) is 8.17. The molecule has 0 spiro atoms. The van der Waals surface area contributed by atoms with Gasteiger partial charge in [0.15, 0.2) is 0 Å². The number of rotatable bonds is 8. The van der Waals surface area contributed by atoms with E-state index in [9.17, 15) is 8.42 Å². The lowest BCUT2D eigenvalue weighted by Gasteiger charge is -2.06. The number of hydrogen-bond donors (Lipinski definition) is 3. The van der Waals surface area contributed by atoms with Gasteiger partial charge in [-0.2, -0.15) is 8.42 Å². The van der Waals surface area contributed by atoms with Crippen molar-refractivity contribution in [1.82, 2.24) is 14.8 Å². The second-order valence-corrected chi connectivity index (χ2v) is 4.33. The second kappa shape index (κ2) is 7.25. The van der Waals surface area contributed by atoms with Gasteiger partial charge in [0.25, 0.3) is 10.2 Å². The van der Waals surface area contributed by atoms with Crippen molar-refractivity contribution in [1.29, 1.82) is 0 Å². The Kier molecular flexibility index (Phi) is 7.16. The Morgan fingerprint density at radius 3 is 2.23 bits per heavy atom. The van der Waals surface area contributed by atoms with Crippen LogP contribution in [-0.4, -0.2) is 35.1 Å². The van der Waals surface area contributed by atoms with E-state index in [0.717, 1.165) is 19.4 Å². The average Bonchev–Trinajstić information content (AvgIpc) is 2.09. The zero-order valence-electron chi connectivity index (χ0n) is 8.26. The Morgan fingerprint density at radius 1 is 1.08 bits per heavy atom. The van der Waals surface area contributed by atoms with Crippen molar-refractivity contribution in [3.63, 3.8) is 0 Å². The summed E-state index contributed by atoms with van der Waals surface area (Å²) in [5, 5.41) is 2.94. The summed E-state index contributed by atoms with van der Waals surface area (Å²) in [6.07, 6.45) is 1.60. The molecule has 3 N–H and O–H groups in total. The Labute approximate surface area is 80.5 Å². The summed E-state index contributed by atoms with van der Waals surface area (Å²) in [6, 6.07) is 0. The molecule has 80 valence electrons. The van der Waals surface area contributed by atoms with Crippen molar-refractivity contribution in [2.75, 3.05) is 26.7 Å². The topological polar surface area (TPSA) is 70.2 Å². The molecule has 0 saturated carbocycles. The average molecular weight is 209 g/mol. The van der Waals surface area contributed by atoms with Gasteiger partial charge in [-0.25, -0.2) is 9.44 Å². The van der Waals surface area contributed by atoms with Gasteiger partial charge >= 0.3 is 0 Å². The zero-order chi connectivity index (χ0) is 10.2. The normalized spacial score (nSPS) is 11.8. The summed E-state index contributed by atoms with van der Waals surface area (Å²) in [5.41, 5.74) is 0. The summed E-state index contributed by atoms with van der Waals surface area (Å²) >= 11 is 0. The van der Waals surface area contributed by atoms with Crippen LogP contribution in [0.5, 0.6) is 0 Å². The van der Waals surface area contributed by atoms with Crippen molar-refractivity contribution in [3.8, 4) is 0 Å². The van der Waals surface area contributed by atoms with Crippen LogP contribution in [0.15, 0.2) is 0 Å². The first kappa shape index (κ1) is 12.8. The van der Waals surface area contributed by atoms with E-state index in [1.54, 1.807) is 0 Å². The molecule has 0 aromatic carbocycles. The minimum absolute atomic E-state index is 0.472. The predicted octanol–water partition coefficient (Wildman–Crippen LogP) is -0.570. The maximum absolute atomic E-state index is 11.1. The molecule has 0 aliphatic heterocycles. The highest BCUT2D eigenvalue weighted by molar-refractivity contribution is 7.87. The fourth-order valence-corrected chi connectivity index (χ4v) is 1.75. The van der Waals surface area contributed by atoms with E-state index in [0.29, 0.717) is 13.1 Å². The van der Waals surface area contributed by atoms with E-state index in [-0.39, 0.29) is 0 Å². The Balaban J connectivity index is 3.52.